The zero-order chi connectivity index (χ0) is 24.9. The fraction of sp³-hybridized carbons (Fsp3) is 0.167. The Morgan fingerprint density at radius 1 is 1.12 bits per heavy atom. The van der Waals surface area contributed by atoms with Crippen molar-refractivity contribution < 1.29 is 23.5 Å². The molecule has 0 spiro atoms. The maximum atomic E-state index is 15.3. The molecule has 0 saturated heterocycles. The molecule has 6 N–H and O–H groups in total. The molecule has 2 aromatic carbocycles. The average Bonchev–Trinajstić information content (AvgIpc) is 2.81. The molecule has 3 aromatic rings. The van der Waals surface area contributed by atoms with Crippen molar-refractivity contribution >= 4 is 23.5 Å². The molecule has 3 rings (SSSR count). The van der Waals surface area contributed by atoms with Crippen LogP contribution < -0.4 is 16.8 Å². The van der Waals surface area contributed by atoms with Crippen LogP contribution in [0.5, 0.6) is 0 Å². The second-order valence-electron chi connectivity index (χ2n) is 7.32. The van der Waals surface area contributed by atoms with Crippen LogP contribution in [-0.4, -0.2) is 29.8 Å². The predicted octanol–water partition coefficient (Wildman–Crippen LogP) is 2.43. The molecule has 1 atom stereocenters. The molecule has 0 bridgehead atoms. The van der Waals surface area contributed by atoms with Crippen LogP contribution >= 0.6 is 0 Å². The minimum atomic E-state index is -2.45. The number of carbonyl (C=O) groups excluding carboxylic acids is 2. The third kappa shape index (κ3) is 5.02. The van der Waals surface area contributed by atoms with Crippen LogP contribution in [0.2, 0.25) is 0 Å². The van der Waals surface area contributed by atoms with Gasteiger partial charge in [0.15, 0.2) is 0 Å². The second-order valence-corrected chi connectivity index (χ2v) is 7.32. The largest absolute Gasteiger partial charge is 0.419 e. The number of nitrogens with two attached hydrogens (primary N) is 2. The van der Waals surface area contributed by atoms with Gasteiger partial charge in [-0.05, 0) is 23.8 Å². The zero-order valence-electron chi connectivity index (χ0n) is 18.6. The van der Waals surface area contributed by atoms with Crippen molar-refractivity contribution in [2.24, 2.45) is 5.73 Å². The predicted molar refractivity (Wildman–Crippen MR) is 124 cm³/mol. The molecule has 1 amide bonds. The van der Waals surface area contributed by atoms with Crippen LogP contribution in [-0.2, 0) is 31.4 Å². The smallest absolute Gasteiger partial charge is 0.324 e. The van der Waals surface area contributed by atoms with Crippen molar-refractivity contribution in [2.75, 3.05) is 12.8 Å². The van der Waals surface area contributed by atoms with Crippen LogP contribution in [0.1, 0.15) is 23.6 Å². The van der Waals surface area contributed by atoms with Gasteiger partial charge < -0.3 is 26.3 Å². The lowest BCUT2D eigenvalue weighted by Crippen LogP contribution is -2.49. The van der Waals surface area contributed by atoms with Crippen LogP contribution in [0.15, 0.2) is 60.7 Å². The van der Waals surface area contributed by atoms with E-state index in [1.807, 2.05) is 0 Å². The first-order valence-electron chi connectivity index (χ1n) is 10.2. The number of hydrogen-bond acceptors (Lipinski definition) is 7. The highest BCUT2D eigenvalue weighted by Gasteiger charge is 2.48. The van der Waals surface area contributed by atoms with Gasteiger partial charge in [0.2, 0.25) is 0 Å². The molecule has 0 aliphatic heterocycles. The number of halogens is 1. The van der Waals surface area contributed by atoms with E-state index in [1.54, 1.807) is 42.5 Å². The van der Waals surface area contributed by atoms with Crippen molar-refractivity contribution in [3.8, 4) is 11.3 Å². The van der Waals surface area contributed by atoms with Gasteiger partial charge in [-0.15, -0.1) is 0 Å². The number of hydrogen-bond donors (Lipinski definition) is 4. The molecule has 0 unspecified atom stereocenters. The van der Waals surface area contributed by atoms with Crippen molar-refractivity contribution in [1.29, 1.82) is 5.41 Å². The number of esters is 1. The first kappa shape index (κ1) is 24.3. The monoisotopic (exact) mass is 465 g/mol. The number of amides is 1. The van der Waals surface area contributed by atoms with E-state index in [9.17, 15) is 9.59 Å². The molecular formula is C24H24FN5O4. The van der Waals surface area contributed by atoms with Gasteiger partial charge in [-0.2, -0.15) is 0 Å². The Hall–Kier alpha value is -4.31. The van der Waals surface area contributed by atoms with E-state index >= 15 is 4.39 Å². The van der Waals surface area contributed by atoms with Gasteiger partial charge in [0.05, 0.1) is 11.3 Å². The van der Waals surface area contributed by atoms with Gasteiger partial charge in [0.25, 0.3) is 5.91 Å². The third-order valence-corrected chi connectivity index (χ3v) is 4.98. The van der Waals surface area contributed by atoms with E-state index < -0.39 is 23.5 Å². The van der Waals surface area contributed by atoms with Gasteiger partial charge in [-0.25, -0.2) is 9.37 Å². The lowest BCUT2D eigenvalue weighted by Gasteiger charge is -2.32. The fourth-order valence-electron chi connectivity index (χ4n) is 3.42. The number of aromatic nitrogens is 1. The summed E-state index contributed by atoms with van der Waals surface area (Å²) in [4.78, 5) is 29.6. The molecule has 1 aromatic heterocycles. The van der Waals surface area contributed by atoms with Crippen molar-refractivity contribution in [3.63, 3.8) is 0 Å². The topological polar surface area (TPSA) is 153 Å². The normalized spacial score (nSPS) is 12.4. The Kier molecular flexibility index (Phi) is 7.22. The molecule has 34 heavy (non-hydrogen) atoms. The minimum absolute atomic E-state index is 0.00368. The lowest BCUT2D eigenvalue weighted by atomic mass is 9.94. The number of pyridine rings is 1. The van der Waals surface area contributed by atoms with Gasteiger partial charge in [-0.3, -0.25) is 15.0 Å². The summed E-state index contributed by atoms with van der Waals surface area (Å²) in [5.41, 5.74) is 12.5. The summed E-state index contributed by atoms with van der Waals surface area (Å²) in [5.74, 6) is -4.97. The Balaban J connectivity index is 2.05. The van der Waals surface area contributed by atoms with E-state index in [0.717, 1.165) is 20.1 Å². The number of amidine groups is 1. The number of carbonyl (C=O) groups is 2. The van der Waals surface area contributed by atoms with Crippen molar-refractivity contribution in [1.82, 2.24) is 10.3 Å². The van der Waals surface area contributed by atoms with Crippen molar-refractivity contribution in [3.05, 3.63) is 83.2 Å². The maximum absolute atomic E-state index is 15.3. The average molecular weight is 465 g/mol. The first-order valence-corrected chi connectivity index (χ1v) is 10.2. The number of methoxy groups -OCH3 is 1. The summed E-state index contributed by atoms with van der Waals surface area (Å²) in [6.07, 6.45) is 0. The highest BCUT2D eigenvalue weighted by molar-refractivity contribution is 5.95. The quantitative estimate of drug-likeness (QED) is 0.172. The molecule has 0 aliphatic carbocycles. The van der Waals surface area contributed by atoms with Gasteiger partial charge in [-0.1, -0.05) is 42.5 Å². The number of anilines is 1. The molecule has 176 valence electrons. The highest BCUT2D eigenvalue weighted by atomic mass is 19.1. The third-order valence-electron chi connectivity index (χ3n) is 4.98. The summed E-state index contributed by atoms with van der Waals surface area (Å²) in [5, 5.41) is 10.1. The molecule has 9 nitrogen and oxygen atoms in total. The molecule has 0 saturated carbocycles. The summed E-state index contributed by atoms with van der Waals surface area (Å²) >= 11 is 0. The number of ether oxygens (including phenoxy) is 2. The summed E-state index contributed by atoms with van der Waals surface area (Å²) < 4.78 is 26.0. The van der Waals surface area contributed by atoms with Crippen LogP contribution in [0.4, 0.5) is 10.2 Å². The molecule has 1 heterocycles. The molecule has 0 radical (unpaired) electrons. The summed E-state index contributed by atoms with van der Waals surface area (Å²) in [6.45, 7) is 1.09. The lowest BCUT2D eigenvalue weighted by molar-refractivity contribution is -0.225. The maximum Gasteiger partial charge on any atom is 0.324 e. The Morgan fingerprint density at radius 3 is 2.38 bits per heavy atom. The van der Waals surface area contributed by atoms with Crippen molar-refractivity contribution in [2.45, 2.75) is 19.3 Å². The number of nitrogens with zero attached hydrogens (tertiary/aromatic N) is 1. The Labute approximate surface area is 195 Å². The summed E-state index contributed by atoms with van der Waals surface area (Å²) in [7, 11) is 1.13. The van der Waals surface area contributed by atoms with Gasteiger partial charge >= 0.3 is 11.8 Å². The van der Waals surface area contributed by atoms with E-state index in [-0.39, 0.29) is 35.0 Å². The van der Waals surface area contributed by atoms with Crippen LogP contribution in [0.25, 0.3) is 11.3 Å². The van der Waals surface area contributed by atoms with Gasteiger partial charge in [0.1, 0.15) is 17.5 Å². The second kappa shape index (κ2) is 10.1. The molecule has 0 fully saturated rings. The molecule has 0 aliphatic rings. The van der Waals surface area contributed by atoms with Crippen LogP contribution in [0, 0.1) is 11.2 Å². The highest BCUT2D eigenvalue weighted by Crippen LogP contribution is 2.37. The zero-order valence-corrected chi connectivity index (χ0v) is 18.6. The molecular weight excluding hydrogens is 441 g/mol. The number of nitrogen functional groups attached to an aromatic ring is 2. The Morgan fingerprint density at radius 2 is 1.79 bits per heavy atom. The fourth-order valence-corrected chi connectivity index (χ4v) is 3.42. The first-order chi connectivity index (χ1) is 16.2. The van der Waals surface area contributed by atoms with Gasteiger partial charge in [0, 0.05) is 31.7 Å². The van der Waals surface area contributed by atoms with Crippen LogP contribution in [0.3, 0.4) is 0 Å². The standard InChI is InChI=1S/C24H24FN5O4/c1-14(31)34-24(33-2,23(32)29-13-15-9-11-16(12-10-15)22(27)28)21-17(5-3-6-18(21)25)19-7-4-8-20(26)30-19/h3-12H,13H2,1-2H3,(H2,26,30)(H3,27,28)(H,29,32)/t24-/m0/s1. The summed E-state index contributed by atoms with van der Waals surface area (Å²) in [6, 6.07) is 15.4. The molecule has 10 heteroatoms. The minimum Gasteiger partial charge on any atom is -0.419 e. The Bertz CT molecular complexity index is 1230. The number of benzene rings is 2. The van der Waals surface area contributed by atoms with E-state index in [0.29, 0.717) is 11.1 Å². The number of rotatable bonds is 8. The van der Waals surface area contributed by atoms with E-state index in [1.165, 1.54) is 12.1 Å². The number of nitrogens with one attached hydrogen (secondary N) is 2. The SMILES string of the molecule is CO[C@@](OC(C)=O)(C(=O)NCc1ccc(C(=N)N)cc1)c1c(F)cccc1-c1cccc(N)n1. The van der Waals surface area contributed by atoms with E-state index in [2.05, 4.69) is 10.3 Å². The van der Waals surface area contributed by atoms with E-state index in [4.69, 9.17) is 26.4 Å².